The first kappa shape index (κ1) is 78.7. The molecule has 1 spiro atoms. The standard InChI is InChI=1S/C72H108ClF3N12O12/c1-11-44(5)59-63(93)77-45(6)64(94)88-37-31-53(88)67(97)82(8)55(40-46-22-14-13-15-23-46)66(96)81(7)42-57(89)78-51(30-28-47-27-29-49(50(73)39-47)72(74,75)76)65(95)87-36-20-26-52(87)62(92)80-71(32-18-19-33-71)70(100)84(10)60(48-24-16-17-25-48)69(99)83(9)56(68(98)85-34-21-35-85)41-58(90)86(12-2)54(38-43(3)4)61(91)79-59/h27,29,39,43-46,48,51-56,59-60H,11-26,28,30-38,40-42H2,1-10H3,(H,77,93)(H,78,89)(H,79,91)(H,80,92)/t44-,45-,51-,52-,53-,54-,55-,56-,59-,60-/m0/s1. The number of aryl methyl sites for hydroxylation is 1. The molecule has 24 nitrogen and oxygen atoms in total. The van der Waals surface area contributed by atoms with Crippen LogP contribution in [0.2, 0.25) is 5.02 Å². The molecule has 3 saturated carbocycles. The predicted octanol–water partition coefficient (Wildman–Crippen LogP) is 5.83. The number of carbonyl (C=O) groups excluding carboxylic acids is 12. The maximum absolute atomic E-state index is 15.6. The van der Waals surface area contributed by atoms with Gasteiger partial charge in [0.05, 0.1) is 23.6 Å². The van der Waals surface area contributed by atoms with Crippen LogP contribution in [0.3, 0.4) is 0 Å². The second-order valence-electron chi connectivity index (χ2n) is 29.9. The van der Waals surface area contributed by atoms with Crippen LogP contribution in [0.4, 0.5) is 13.2 Å². The van der Waals surface area contributed by atoms with Crippen LogP contribution in [0.25, 0.3) is 0 Å². The van der Waals surface area contributed by atoms with E-state index in [9.17, 15) is 46.7 Å². The lowest BCUT2D eigenvalue weighted by Crippen LogP contribution is -2.65. The highest BCUT2D eigenvalue weighted by atomic mass is 35.5. The van der Waals surface area contributed by atoms with Crippen molar-refractivity contribution in [2.45, 2.75) is 255 Å². The zero-order valence-corrected chi connectivity index (χ0v) is 61.0. The van der Waals surface area contributed by atoms with Crippen molar-refractivity contribution in [1.29, 1.82) is 0 Å². The predicted molar refractivity (Wildman–Crippen MR) is 367 cm³/mol. The van der Waals surface area contributed by atoms with Crippen LogP contribution >= 0.6 is 11.6 Å². The van der Waals surface area contributed by atoms with Crippen LogP contribution in [-0.4, -0.2) is 237 Å². The lowest BCUT2D eigenvalue weighted by molar-refractivity contribution is -0.158. The molecule has 10 atom stereocenters. The van der Waals surface area contributed by atoms with E-state index in [1.165, 1.54) is 70.6 Å². The molecule has 4 N–H and O–H groups in total. The fourth-order valence-corrected chi connectivity index (χ4v) is 16.4. The summed E-state index contributed by atoms with van der Waals surface area (Å²) in [7, 11) is 5.83. The lowest BCUT2D eigenvalue weighted by Gasteiger charge is -2.44. The van der Waals surface area contributed by atoms with Crippen LogP contribution in [-0.2, 0) is 70.1 Å². The minimum Gasteiger partial charge on any atom is -0.343 e. The van der Waals surface area contributed by atoms with Gasteiger partial charge in [0.1, 0.15) is 59.9 Å². The molecule has 7 aliphatic rings. The second-order valence-corrected chi connectivity index (χ2v) is 30.3. The molecule has 556 valence electrons. The van der Waals surface area contributed by atoms with Gasteiger partial charge < -0.3 is 60.5 Å². The van der Waals surface area contributed by atoms with E-state index in [0.29, 0.717) is 63.6 Å². The summed E-state index contributed by atoms with van der Waals surface area (Å²) in [4.78, 5) is 191. The van der Waals surface area contributed by atoms with Crippen molar-refractivity contribution in [2.75, 3.05) is 67.5 Å². The minimum atomic E-state index is -4.76. The number of hydrogen-bond donors (Lipinski definition) is 4. The largest absolute Gasteiger partial charge is 0.417 e. The van der Waals surface area contributed by atoms with Crippen molar-refractivity contribution in [3.05, 3.63) is 34.3 Å². The summed E-state index contributed by atoms with van der Waals surface area (Å²) in [5.41, 5.74) is -2.32. The number of alkyl halides is 3. The van der Waals surface area contributed by atoms with Crippen molar-refractivity contribution in [1.82, 2.24) is 60.5 Å². The number of fused-ring (bicyclic) bond motifs is 2. The Morgan fingerprint density at radius 2 is 1.31 bits per heavy atom. The number of likely N-dealkylation sites (tertiary alicyclic amines) is 1. The quantitative estimate of drug-likeness (QED) is 0.192. The number of halogens is 4. The molecular weight excluding hydrogens is 1320 g/mol. The molecule has 28 heteroatoms. The molecule has 0 radical (unpaired) electrons. The first-order chi connectivity index (χ1) is 47.3. The number of amides is 12. The number of carbonyl (C=O) groups is 12. The summed E-state index contributed by atoms with van der Waals surface area (Å²) < 4.78 is 41.6. The Hall–Kier alpha value is -7.06. The topological polar surface area (TPSA) is 279 Å². The summed E-state index contributed by atoms with van der Waals surface area (Å²) >= 11 is 6.16. The molecule has 0 bridgehead atoms. The van der Waals surface area contributed by atoms with E-state index in [4.69, 9.17) is 11.6 Å². The van der Waals surface area contributed by atoms with E-state index in [1.54, 1.807) is 18.7 Å². The minimum absolute atomic E-state index is 0.00395. The lowest BCUT2D eigenvalue weighted by atomic mass is 9.84. The zero-order valence-electron chi connectivity index (χ0n) is 60.2. The van der Waals surface area contributed by atoms with Crippen LogP contribution in [0, 0.1) is 23.7 Å². The fraction of sp³-hybridized carbons (Fsp3) is 0.750. The van der Waals surface area contributed by atoms with Crippen molar-refractivity contribution in [2.24, 2.45) is 23.7 Å². The Kier molecular flexibility index (Phi) is 27.0. The van der Waals surface area contributed by atoms with Crippen molar-refractivity contribution in [3.63, 3.8) is 0 Å². The van der Waals surface area contributed by atoms with Gasteiger partial charge in [0.25, 0.3) is 0 Å². The molecule has 3 aliphatic carbocycles. The van der Waals surface area contributed by atoms with Crippen molar-refractivity contribution >= 4 is 82.5 Å². The maximum Gasteiger partial charge on any atom is 0.417 e. The van der Waals surface area contributed by atoms with Crippen LogP contribution < -0.4 is 21.3 Å². The third kappa shape index (κ3) is 18.2. The molecule has 7 fully saturated rings. The zero-order chi connectivity index (χ0) is 73.2. The molecule has 100 heavy (non-hydrogen) atoms. The number of rotatable bonds is 12. The smallest absolute Gasteiger partial charge is 0.343 e. The highest BCUT2D eigenvalue weighted by Crippen LogP contribution is 2.39. The van der Waals surface area contributed by atoms with Gasteiger partial charge in [-0.25, -0.2) is 0 Å². The Bertz CT molecular complexity index is 3170. The first-order valence-corrected chi connectivity index (χ1v) is 37.0. The van der Waals surface area contributed by atoms with E-state index < -0.39 is 166 Å². The average molecular weight is 1430 g/mol. The first-order valence-electron chi connectivity index (χ1n) is 36.6. The van der Waals surface area contributed by atoms with Gasteiger partial charge in [-0.15, -0.1) is 0 Å². The molecule has 0 unspecified atom stereocenters. The maximum atomic E-state index is 15.6. The molecule has 12 amide bonds. The second kappa shape index (κ2) is 34.3. The van der Waals surface area contributed by atoms with Gasteiger partial charge in [0, 0.05) is 60.9 Å². The fourth-order valence-electron chi connectivity index (χ4n) is 16.1. The number of likely N-dealkylation sites (N-methyl/N-ethyl adjacent to an activating group) is 5. The number of nitrogens with zero attached hydrogens (tertiary/aromatic N) is 8. The number of benzene rings is 1. The molecule has 1 aromatic carbocycles. The van der Waals surface area contributed by atoms with Crippen molar-refractivity contribution < 1.29 is 70.7 Å². The van der Waals surface area contributed by atoms with Crippen molar-refractivity contribution in [3.8, 4) is 0 Å². The van der Waals surface area contributed by atoms with E-state index in [1.807, 2.05) is 20.8 Å². The highest BCUT2D eigenvalue weighted by Gasteiger charge is 2.52. The monoisotopic (exact) mass is 1420 g/mol. The normalized spacial score (nSPS) is 28.4. The van der Waals surface area contributed by atoms with Gasteiger partial charge >= 0.3 is 6.18 Å². The van der Waals surface area contributed by atoms with Gasteiger partial charge in [-0.3, -0.25) is 57.5 Å². The van der Waals surface area contributed by atoms with Crippen LogP contribution in [0.5, 0.6) is 0 Å². The molecule has 4 aliphatic heterocycles. The molecular formula is C72H108ClF3N12O12. The SMILES string of the molecule is CC[C@H](C)[C@@H]1NC(=O)[C@H](CC(C)C)N(CC)C(=O)C[C@@H](C(=O)N2CCC2)N(C)C(=O)[C@H](C2CCCC2)N(C)C(=O)C2(CCCC2)NC(=O)[C@@H]2CCCN2C(=O)[C@H](CCc2ccc(C(F)(F)F)c(Cl)c2)NC(=O)CN(C)C(=O)[C@H](CC2CCCCC2)N(C)C(=O)[C@@H]2CCN2C(=O)[C@H](C)NC1=O. The molecule has 4 heterocycles. The third-order valence-electron chi connectivity index (χ3n) is 22.5. The van der Waals surface area contributed by atoms with E-state index in [-0.39, 0.29) is 88.8 Å². The van der Waals surface area contributed by atoms with Gasteiger partial charge in [-0.05, 0) is 132 Å². The summed E-state index contributed by atoms with van der Waals surface area (Å²) in [6, 6.07) is -7.71. The van der Waals surface area contributed by atoms with Crippen LogP contribution in [0.1, 0.15) is 194 Å². The van der Waals surface area contributed by atoms with Gasteiger partial charge in [0.2, 0.25) is 70.9 Å². The summed E-state index contributed by atoms with van der Waals surface area (Å²) in [5.74, 6) is -8.54. The summed E-state index contributed by atoms with van der Waals surface area (Å²) in [6.45, 7) is 10.9. The number of hydrogen-bond acceptors (Lipinski definition) is 12. The third-order valence-corrected chi connectivity index (χ3v) is 22.8. The summed E-state index contributed by atoms with van der Waals surface area (Å²) in [6.07, 6.45) is 5.00. The van der Waals surface area contributed by atoms with Gasteiger partial charge in [-0.1, -0.05) is 110 Å². The Labute approximate surface area is 591 Å². The van der Waals surface area contributed by atoms with E-state index in [2.05, 4.69) is 21.3 Å². The van der Waals surface area contributed by atoms with E-state index >= 15 is 24.0 Å². The molecule has 0 aromatic heterocycles. The average Bonchev–Trinajstić information content (AvgIpc) is 1.51. The molecule has 4 saturated heterocycles. The van der Waals surface area contributed by atoms with Gasteiger partial charge in [0.15, 0.2) is 0 Å². The Morgan fingerprint density at radius 3 is 1.89 bits per heavy atom. The van der Waals surface area contributed by atoms with Gasteiger partial charge in [-0.2, -0.15) is 13.2 Å². The summed E-state index contributed by atoms with van der Waals surface area (Å²) in [5, 5.41) is 11.0. The Balaban J connectivity index is 1.17. The molecule has 1 aromatic rings. The van der Waals surface area contributed by atoms with Crippen LogP contribution in [0.15, 0.2) is 18.2 Å². The number of nitrogens with one attached hydrogen (secondary N) is 4. The molecule has 8 rings (SSSR count). The highest BCUT2D eigenvalue weighted by molar-refractivity contribution is 6.31. The Morgan fingerprint density at radius 1 is 0.660 bits per heavy atom. The van der Waals surface area contributed by atoms with E-state index in [0.717, 1.165) is 62.0 Å².